The number of rotatable bonds is 4. The van der Waals surface area contributed by atoms with E-state index in [-0.39, 0.29) is 19.0 Å². The first-order valence-electron chi connectivity index (χ1n) is 7.39. The van der Waals surface area contributed by atoms with Gasteiger partial charge in [-0.3, -0.25) is 0 Å². The number of aliphatic hydroxyl groups is 1. The van der Waals surface area contributed by atoms with Crippen LogP contribution in [-0.4, -0.2) is 48.4 Å². The predicted octanol–water partition coefficient (Wildman–Crippen LogP) is 2.29. The maximum atomic E-state index is 12.1. The number of piperidine rings is 1. The molecule has 0 aromatic rings. The molecular weight excluding hydrogens is 307 g/mol. The fourth-order valence-electron chi connectivity index (χ4n) is 3.38. The summed E-state index contributed by atoms with van der Waals surface area (Å²) in [7, 11) is -3.66. The van der Waals surface area contributed by atoms with Crippen molar-refractivity contribution in [3.8, 4) is 0 Å². The van der Waals surface area contributed by atoms with Gasteiger partial charge in [0.15, 0.2) is 0 Å². The smallest absolute Gasteiger partial charge is 0.389 e. The molecule has 1 saturated carbocycles. The molecule has 0 aromatic heterocycles. The lowest BCUT2D eigenvalue weighted by molar-refractivity contribution is -0.134. The van der Waals surface area contributed by atoms with Gasteiger partial charge in [0.2, 0.25) is 10.0 Å². The van der Waals surface area contributed by atoms with Gasteiger partial charge in [0.1, 0.15) is 0 Å². The van der Waals surface area contributed by atoms with Crippen molar-refractivity contribution >= 4 is 10.0 Å². The first kappa shape index (κ1) is 17.0. The number of nitrogens with zero attached hydrogens (tertiary/aromatic N) is 1. The third kappa shape index (κ3) is 4.32. The second kappa shape index (κ2) is 6.04. The van der Waals surface area contributed by atoms with Crippen LogP contribution in [0.3, 0.4) is 0 Å². The molecule has 2 unspecified atom stereocenters. The molecule has 1 aliphatic carbocycles. The van der Waals surface area contributed by atoms with Crippen LogP contribution in [0.15, 0.2) is 0 Å². The number of fused-ring (bicyclic) bond motifs is 1. The summed E-state index contributed by atoms with van der Waals surface area (Å²) in [6.45, 7) is 0.451. The molecule has 0 amide bonds. The maximum Gasteiger partial charge on any atom is 0.389 e. The van der Waals surface area contributed by atoms with Crippen LogP contribution in [0.5, 0.6) is 0 Å². The van der Waals surface area contributed by atoms with Gasteiger partial charge < -0.3 is 5.11 Å². The quantitative estimate of drug-likeness (QED) is 0.861. The van der Waals surface area contributed by atoms with Crippen LogP contribution >= 0.6 is 0 Å². The highest BCUT2D eigenvalue weighted by Gasteiger charge is 2.45. The minimum Gasteiger partial charge on any atom is -0.390 e. The second-order valence-corrected chi connectivity index (χ2v) is 8.28. The molecule has 2 rings (SSSR count). The van der Waals surface area contributed by atoms with Crippen molar-refractivity contribution in [2.24, 2.45) is 5.92 Å². The number of halogens is 3. The standard InChI is InChI=1S/C13H22F3NO3S/c14-13(15,16)6-3-9-21(19,20)17-8-7-12(18)5-2-1-4-11(12)10-17/h11,18H,1-10H2. The molecule has 1 saturated heterocycles. The van der Waals surface area contributed by atoms with Gasteiger partial charge in [0.25, 0.3) is 0 Å². The molecule has 1 aliphatic heterocycles. The van der Waals surface area contributed by atoms with Crippen LogP contribution in [-0.2, 0) is 10.0 Å². The van der Waals surface area contributed by atoms with Crippen LogP contribution in [0.25, 0.3) is 0 Å². The molecule has 0 spiro atoms. The van der Waals surface area contributed by atoms with Gasteiger partial charge in [-0.05, 0) is 25.7 Å². The summed E-state index contributed by atoms with van der Waals surface area (Å²) in [6.07, 6.45) is -2.02. The lowest BCUT2D eigenvalue weighted by Crippen LogP contribution is -2.54. The van der Waals surface area contributed by atoms with Crippen molar-refractivity contribution in [2.75, 3.05) is 18.8 Å². The topological polar surface area (TPSA) is 57.6 Å². The Bertz CT molecular complexity index is 466. The first-order valence-corrected chi connectivity index (χ1v) is 9.00. The Morgan fingerprint density at radius 2 is 1.95 bits per heavy atom. The van der Waals surface area contributed by atoms with E-state index < -0.39 is 40.4 Å². The second-order valence-electron chi connectivity index (χ2n) is 6.19. The van der Waals surface area contributed by atoms with Crippen LogP contribution < -0.4 is 0 Å². The predicted molar refractivity (Wildman–Crippen MR) is 72.2 cm³/mol. The zero-order valence-electron chi connectivity index (χ0n) is 11.9. The first-order chi connectivity index (χ1) is 9.62. The van der Waals surface area contributed by atoms with E-state index >= 15 is 0 Å². The Morgan fingerprint density at radius 1 is 1.24 bits per heavy atom. The normalized spacial score (nSPS) is 31.9. The van der Waals surface area contributed by atoms with Gasteiger partial charge in [-0.25, -0.2) is 12.7 Å². The molecule has 1 heterocycles. The van der Waals surface area contributed by atoms with Crippen molar-refractivity contribution in [2.45, 2.75) is 56.7 Å². The third-order valence-corrected chi connectivity index (χ3v) is 6.57. The van der Waals surface area contributed by atoms with Crippen molar-refractivity contribution in [1.29, 1.82) is 0 Å². The minimum absolute atomic E-state index is 0.0857. The SMILES string of the molecule is O=S(=O)(CCCC(F)(F)F)N1CCC2(O)CCCCC2C1. The van der Waals surface area contributed by atoms with Gasteiger partial charge in [0.05, 0.1) is 11.4 Å². The summed E-state index contributed by atoms with van der Waals surface area (Å²) < 4.78 is 61.8. The average Bonchev–Trinajstić information content (AvgIpc) is 2.35. The average molecular weight is 329 g/mol. The Balaban J connectivity index is 1.92. The molecule has 2 aliphatic rings. The largest absolute Gasteiger partial charge is 0.390 e. The van der Waals surface area contributed by atoms with Crippen LogP contribution in [0, 0.1) is 5.92 Å². The molecule has 4 nitrogen and oxygen atoms in total. The summed E-state index contributed by atoms with van der Waals surface area (Å²) in [4.78, 5) is 0. The van der Waals surface area contributed by atoms with E-state index in [1.807, 2.05) is 0 Å². The van der Waals surface area contributed by atoms with Crippen molar-refractivity contribution in [1.82, 2.24) is 4.31 Å². The Morgan fingerprint density at radius 3 is 2.62 bits per heavy atom. The number of hydrogen-bond acceptors (Lipinski definition) is 3. The summed E-state index contributed by atoms with van der Waals surface area (Å²) in [5.74, 6) is -0.560. The van der Waals surface area contributed by atoms with Crippen molar-refractivity contribution in [3.63, 3.8) is 0 Å². The minimum atomic E-state index is -4.32. The Hall–Kier alpha value is -0.340. The molecule has 124 valence electrons. The monoisotopic (exact) mass is 329 g/mol. The van der Waals surface area contributed by atoms with Crippen LogP contribution in [0.1, 0.15) is 44.9 Å². The molecule has 0 radical (unpaired) electrons. The van der Waals surface area contributed by atoms with E-state index in [9.17, 15) is 26.7 Å². The van der Waals surface area contributed by atoms with E-state index in [1.165, 1.54) is 4.31 Å². The van der Waals surface area contributed by atoms with Crippen LogP contribution in [0.2, 0.25) is 0 Å². The lowest BCUT2D eigenvalue weighted by atomic mass is 9.72. The van der Waals surface area contributed by atoms with Crippen molar-refractivity contribution < 1.29 is 26.7 Å². The highest BCUT2D eigenvalue weighted by Crippen LogP contribution is 2.40. The summed E-state index contributed by atoms with van der Waals surface area (Å²) in [5, 5.41) is 10.5. The third-order valence-electron chi connectivity index (χ3n) is 4.65. The number of hydrogen-bond donors (Lipinski definition) is 1. The van der Waals surface area contributed by atoms with Gasteiger partial charge in [-0.15, -0.1) is 0 Å². The number of alkyl halides is 3. The fraction of sp³-hybridized carbons (Fsp3) is 1.00. The molecule has 2 fully saturated rings. The molecule has 8 heteroatoms. The maximum absolute atomic E-state index is 12.1. The van der Waals surface area contributed by atoms with Gasteiger partial charge >= 0.3 is 6.18 Å². The van der Waals surface area contributed by atoms with Gasteiger partial charge in [-0.1, -0.05) is 12.8 Å². The molecule has 2 atom stereocenters. The summed E-state index contributed by atoms with van der Waals surface area (Å²) in [6, 6.07) is 0. The van der Waals surface area contributed by atoms with E-state index in [2.05, 4.69) is 0 Å². The molecule has 21 heavy (non-hydrogen) atoms. The van der Waals surface area contributed by atoms with E-state index in [4.69, 9.17) is 0 Å². The Labute approximate surface area is 123 Å². The number of sulfonamides is 1. The van der Waals surface area contributed by atoms with Gasteiger partial charge in [0, 0.05) is 25.4 Å². The van der Waals surface area contributed by atoms with E-state index in [0.717, 1.165) is 19.3 Å². The highest BCUT2D eigenvalue weighted by molar-refractivity contribution is 7.89. The zero-order chi connectivity index (χ0) is 15.7. The molecular formula is C13H22F3NO3S. The fourth-order valence-corrected chi connectivity index (χ4v) is 4.92. The summed E-state index contributed by atoms with van der Waals surface area (Å²) in [5.41, 5.74) is -0.782. The zero-order valence-corrected chi connectivity index (χ0v) is 12.7. The lowest BCUT2D eigenvalue weighted by Gasteiger charge is -2.46. The molecule has 0 bridgehead atoms. The molecule has 1 N–H and O–H groups in total. The van der Waals surface area contributed by atoms with Gasteiger partial charge in [-0.2, -0.15) is 13.2 Å². The van der Waals surface area contributed by atoms with Crippen LogP contribution in [0.4, 0.5) is 13.2 Å². The summed E-state index contributed by atoms with van der Waals surface area (Å²) >= 11 is 0. The highest BCUT2D eigenvalue weighted by atomic mass is 32.2. The Kier molecular flexibility index (Phi) is 4.90. The molecule has 0 aromatic carbocycles. The van der Waals surface area contributed by atoms with E-state index in [0.29, 0.717) is 12.8 Å². The van der Waals surface area contributed by atoms with E-state index in [1.54, 1.807) is 0 Å². The van der Waals surface area contributed by atoms with Crippen molar-refractivity contribution in [3.05, 3.63) is 0 Å².